The first-order valence-electron chi connectivity index (χ1n) is 17.5. The Morgan fingerprint density at radius 2 is 1.00 bits per heavy atom. The van der Waals surface area contributed by atoms with Crippen LogP contribution in [0.1, 0.15) is 38.8 Å². The molecule has 4 aromatic rings. The molecule has 2 N–H and O–H groups in total. The van der Waals surface area contributed by atoms with E-state index in [1.54, 1.807) is 74.5 Å². The van der Waals surface area contributed by atoms with Crippen LogP contribution in [0.15, 0.2) is 107 Å². The molecule has 0 saturated carbocycles. The molecular weight excluding hydrogens is 769 g/mol. The zero-order valence-electron chi connectivity index (χ0n) is 30.8. The van der Waals surface area contributed by atoms with Crippen molar-refractivity contribution in [2.24, 2.45) is 0 Å². The van der Waals surface area contributed by atoms with Crippen molar-refractivity contribution in [2.75, 3.05) is 35.4 Å². The molecule has 0 spiro atoms. The van der Waals surface area contributed by atoms with Gasteiger partial charge in [-0.15, -0.1) is 0 Å². The number of anilines is 2. The minimum absolute atomic E-state index is 0.0445. The number of carbonyl (C=O) groups is 2. The van der Waals surface area contributed by atoms with Gasteiger partial charge in [-0.2, -0.15) is 8.61 Å². The summed E-state index contributed by atoms with van der Waals surface area (Å²) in [5.74, 6) is -2.40. The Balaban J connectivity index is 1.76. The number of carbonyl (C=O) groups excluding carboxylic acids is 2. The minimum Gasteiger partial charge on any atom is -0.492 e. The number of ether oxygens (including phenoxy) is 2. The van der Waals surface area contributed by atoms with Gasteiger partial charge in [0.1, 0.15) is 21.3 Å². The van der Waals surface area contributed by atoms with Crippen LogP contribution in [0.5, 0.6) is 11.5 Å². The van der Waals surface area contributed by atoms with E-state index in [0.717, 1.165) is 8.61 Å². The maximum Gasteiger partial charge on any atom is 0.247 e. The summed E-state index contributed by atoms with van der Waals surface area (Å²) in [6.45, 7) is 5.38. The Morgan fingerprint density at radius 3 is 1.33 bits per heavy atom. The highest BCUT2D eigenvalue weighted by atomic mass is 32.2. The van der Waals surface area contributed by atoms with Gasteiger partial charge in [0.15, 0.2) is 9.84 Å². The number of rotatable bonds is 16. The van der Waals surface area contributed by atoms with E-state index in [1.165, 1.54) is 50.2 Å². The summed E-state index contributed by atoms with van der Waals surface area (Å²) >= 11 is 0. The molecule has 294 valence electrons. The van der Waals surface area contributed by atoms with E-state index in [-0.39, 0.29) is 59.0 Å². The number of nitrogens with zero attached hydrogens (tertiary/aromatic N) is 2. The third-order valence-electron chi connectivity index (χ3n) is 8.70. The first kappa shape index (κ1) is 41.4. The molecule has 17 heteroatoms. The van der Waals surface area contributed by atoms with Crippen LogP contribution in [0.25, 0.3) is 0 Å². The van der Waals surface area contributed by atoms with Gasteiger partial charge in [0.05, 0.1) is 36.8 Å². The molecule has 0 aromatic heterocycles. The first-order chi connectivity index (χ1) is 26.1. The summed E-state index contributed by atoms with van der Waals surface area (Å²) in [5.41, 5.74) is 1.31. The number of nitrogens with one attached hydrogen (secondary N) is 2. The molecule has 1 heterocycles. The molecule has 2 unspecified atom stereocenters. The largest absolute Gasteiger partial charge is 0.492 e. The van der Waals surface area contributed by atoms with Crippen molar-refractivity contribution in [3.05, 3.63) is 108 Å². The number of benzene rings is 4. The molecule has 2 amide bonds. The average Bonchev–Trinajstić information content (AvgIpc) is 3.45. The summed E-state index contributed by atoms with van der Waals surface area (Å²) in [4.78, 5) is 23.3. The predicted molar refractivity (Wildman–Crippen MR) is 208 cm³/mol. The first-order valence-corrected chi connectivity index (χ1v) is 22.2. The van der Waals surface area contributed by atoms with E-state index in [9.17, 15) is 18.0 Å². The van der Waals surface area contributed by atoms with Crippen LogP contribution in [0, 0.1) is 0 Å². The lowest BCUT2D eigenvalue weighted by molar-refractivity contribution is -0.115. The van der Waals surface area contributed by atoms with Gasteiger partial charge in [-0.05, 0) is 61.4 Å². The normalized spacial score (nSPS) is 16.8. The zero-order valence-corrected chi connectivity index (χ0v) is 33.3. The van der Waals surface area contributed by atoms with E-state index >= 15 is 16.8 Å². The van der Waals surface area contributed by atoms with Crippen LogP contribution in [-0.2, 0) is 52.6 Å². The summed E-state index contributed by atoms with van der Waals surface area (Å²) < 4.78 is 102. The van der Waals surface area contributed by atoms with Gasteiger partial charge in [-0.1, -0.05) is 60.7 Å². The van der Waals surface area contributed by atoms with Gasteiger partial charge in [0.2, 0.25) is 31.9 Å². The van der Waals surface area contributed by atoms with Gasteiger partial charge in [0, 0.05) is 38.3 Å². The van der Waals surface area contributed by atoms with E-state index in [1.807, 2.05) is 0 Å². The third kappa shape index (κ3) is 9.90. The van der Waals surface area contributed by atoms with E-state index in [0.29, 0.717) is 11.1 Å². The summed E-state index contributed by atoms with van der Waals surface area (Å²) in [5, 5.41) is 5.17. The van der Waals surface area contributed by atoms with Crippen molar-refractivity contribution in [2.45, 2.75) is 62.7 Å². The number of amides is 2. The molecule has 0 bridgehead atoms. The number of sulfone groups is 1. The predicted octanol–water partition coefficient (Wildman–Crippen LogP) is 4.65. The fraction of sp³-hybridized carbons (Fsp3) is 0.316. The Kier molecular flexibility index (Phi) is 13.0. The topological polar surface area (TPSA) is 186 Å². The smallest absolute Gasteiger partial charge is 0.247 e. The van der Waals surface area contributed by atoms with Gasteiger partial charge >= 0.3 is 0 Å². The lowest BCUT2D eigenvalue weighted by Crippen LogP contribution is -2.54. The monoisotopic (exact) mass is 812 g/mol. The molecule has 2 atom stereocenters. The van der Waals surface area contributed by atoms with Crippen LogP contribution in [0.3, 0.4) is 0 Å². The van der Waals surface area contributed by atoms with Crippen LogP contribution in [0.4, 0.5) is 11.4 Å². The van der Waals surface area contributed by atoms with Crippen molar-refractivity contribution in [1.82, 2.24) is 8.61 Å². The summed E-state index contributed by atoms with van der Waals surface area (Å²) in [6, 6.07) is 22.3. The second-order valence-electron chi connectivity index (χ2n) is 12.8. The minimum atomic E-state index is -4.73. The van der Waals surface area contributed by atoms with Crippen LogP contribution >= 0.6 is 0 Å². The highest BCUT2D eigenvalue weighted by Gasteiger charge is 2.51. The Labute approximate surface area is 322 Å². The molecule has 0 aliphatic carbocycles. The van der Waals surface area contributed by atoms with E-state index < -0.39 is 65.3 Å². The molecule has 5 rings (SSSR count). The number of sulfonamides is 2. The van der Waals surface area contributed by atoms with Gasteiger partial charge in [0.25, 0.3) is 0 Å². The molecule has 4 aromatic carbocycles. The molecule has 1 aliphatic heterocycles. The SMILES string of the molecule is CCOc1ccc(NC(C)=O)cc1S(=O)(=O)N(Cc1ccccc1)C1CS(=O)(=O)CC1N(Cc1ccccc1)S(=O)(=O)c1cc(NC(C)=O)ccc1OCC. The van der Waals surface area contributed by atoms with Gasteiger partial charge in [-0.3, -0.25) is 9.59 Å². The standard InChI is InChI=1S/C38H44N4O10S3/c1-5-51-35-19-17-31(39-27(3)43)21-37(35)54(47,48)41(23-29-13-9-7-10-14-29)33-25-53(45,46)26-34(33)42(24-30-15-11-8-12-16-30)55(49,50)38-22-32(40-28(4)44)18-20-36(38)52-6-2/h7-22,33-34H,5-6,23-26H2,1-4H3,(H,39,43)(H,40,44). The lowest BCUT2D eigenvalue weighted by atomic mass is 10.1. The summed E-state index contributed by atoms with van der Waals surface area (Å²) in [7, 11) is -13.5. The van der Waals surface area contributed by atoms with Gasteiger partial charge in [-0.25, -0.2) is 25.3 Å². The zero-order chi connectivity index (χ0) is 40.0. The van der Waals surface area contributed by atoms with Crippen LogP contribution < -0.4 is 20.1 Å². The third-order valence-corrected chi connectivity index (χ3v) is 14.2. The Hall–Kier alpha value is -4.81. The summed E-state index contributed by atoms with van der Waals surface area (Å²) in [6.07, 6.45) is 0. The van der Waals surface area contributed by atoms with Crippen LogP contribution in [-0.4, -0.2) is 82.5 Å². The quantitative estimate of drug-likeness (QED) is 0.161. The van der Waals surface area contributed by atoms with Crippen molar-refractivity contribution in [3.63, 3.8) is 0 Å². The number of hydrogen-bond acceptors (Lipinski definition) is 10. The Bertz CT molecular complexity index is 2180. The maximum atomic E-state index is 15.1. The average molecular weight is 813 g/mol. The van der Waals surface area contributed by atoms with Gasteiger partial charge < -0.3 is 20.1 Å². The van der Waals surface area contributed by atoms with Crippen LogP contribution in [0.2, 0.25) is 0 Å². The Morgan fingerprint density at radius 1 is 0.636 bits per heavy atom. The fourth-order valence-electron chi connectivity index (χ4n) is 6.43. The molecule has 0 radical (unpaired) electrons. The molecule has 1 fully saturated rings. The van der Waals surface area contributed by atoms with Crippen molar-refractivity contribution in [3.8, 4) is 11.5 Å². The van der Waals surface area contributed by atoms with E-state index in [4.69, 9.17) is 9.47 Å². The number of hydrogen-bond donors (Lipinski definition) is 2. The van der Waals surface area contributed by atoms with E-state index in [2.05, 4.69) is 10.6 Å². The molecule has 55 heavy (non-hydrogen) atoms. The highest BCUT2D eigenvalue weighted by Crippen LogP contribution is 2.39. The maximum absolute atomic E-state index is 15.1. The van der Waals surface area contributed by atoms with Crippen molar-refractivity contribution >= 4 is 53.1 Å². The lowest BCUT2D eigenvalue weighted by Gasteiger charge is -2.37. The van der Waals surface area contributed by atoms with Crippen molar-refractivity contribution < 1.29 is 44.3 Å². The second kappa shape index (κ2) is 17.3. The second-order valence-corrected chi connectivity index (χ2v) is 18.7. The van der Waals surface area contributed by atoms with Crippen molar-refractivity contribution in [1.29, 1.82) is 0 Å². The molecule has 14 nitrogen and oxygen atoms in total. The molecule has 1 saturated heterocycles. The fourth-order valence-corrected chi connectivity index (χ4v) is 12.2. The molecular formula is C38H44N4O10S3. The highest BCUT2D eigenvalue weighted by molar-refractivity contribution is 7.92. The molecule has 1 aliphatic rings.